The smallest absolute Gasteiger partial charge is 0.408 e. The summed E-state index contributed by atoms with van der Waals surface area (Å²) in [6.45, 7) is 1.22. The van der Waals surface area contributed by atoms with Crippen LogP contribution in [0.25, 0.3) is 22.1 Å². The van der Waals surface area contributed by atoms with Crippen LogP contribution in [0.5, 0.6) is 0 Å². The van der Waals surface area contributed by atoms with E-state index in [1.807, 2.05) is 97.1 Å². The number of amides is 4. The maximum Gasteiger partial charge on any atom is 0.408 e. The molecule has 0 spiro atoms. The van der Waals surface area contributed by atoms with Crippen LogP contribution < -0.4 is 10.6 Å². The number of alkyl carbamates (subject to hydrolysis) is 2. The average Bonchev–Trinajstić information content (AvgIpc) is 3.99. The number of hydrogen-bond donors (Lipinski definition) is 4. The van der Waals surface area contributed by atoms with Crippen molar-refractivity contribution >= 4 is 46.1 Å². The molecule has 2 saturated carbocycles. The predicted octanol–water partition coefficient (Wildman–Crippen LogP) is 7.11. The molecule has 2 aromatic heterocycles. The third-order valence-corrected chi connectivity index (χ3v) is 13.9. The summed E-state index contributed by atoms with van der Waals surface area (Å²) in [7, 11) is 3.15. The van der Waals surface area contributed by atoms with Crippen LogP contribution in [-0.2, 0) is 41.8 Å². The van der Waals surface area contributed by atoms with Gasteiger partial charge < -0.3 is 49.3 Å². The van der Waals surface area contributed by atoms with Crippen LogP contribution >= 0.6 is 0 Å². The highest BCUT2D eigenvalue weighted by atomic mass is 16.6. The molecule has 16 heteroatoms. The van der Waals surface area contributed by atoms with Gasteiger partial charge in [0.1, 0.15) is 36.9 Å². The van der Waals surface area contributed by atoms with Crippen molar-refractivity contribution in [1.29, 1.82) is 0 Å². The predicted molar refractivity (Wildman–Crippen MR) is 251 cm³/mol. The highest BCUT2D eigenvalue weighted by Crippen LogP contribution is 2.45. The quantitative estimate of drug-likeness (QED) is 0.0819. The molecule has 4 aliphatic rings. The molecule has 2 aliphatic heterocycles. The van der Waals surface area contributed by atoms with Crippen molar-refractivity contribution in [3.05, 3.63) is 131 Å². The minimum absolute atomic E-state index is 0.0881. The monoisotopic (exact) mass is 918 g/mol. The zero-order valence-corrected chi connectivity index (χ0v) is 38.1. The van der Waals surface area contributed by atoms with E-state index < -0.39 is 35.5 Å². The fourth-order valence-corrected chi connectivity index (χ4v) is 9.70. The molecule has 10 rings (SSSR count). The summed E-state index contributed by atoms with van der Waals surface area (Å²) in [5.41, 5.74) is 4.76. The number of H-pyrrole nitrogens is 2. The Morgan fingerprint density at radius 3 is 1.43 bits per heavy atom. The van der Waals surface area contributed by atoms with Crippen LogP contribution in [0.2, 0.25) is 0 Å². The molecule has 1 unspecified atom stereocenters. The first kappa shape index (κ1) is 44.6. The number of methoxy groups -OCH3 is 2. The second-order valence-electron chi connectivity index (χ2n) is 18.2. The van der Waals surface area contributed by atoms with E-state index >= 15 is 0 Å². The van der Waals surface area contributed by atoms with Crippen LogP contribution in [0.1, 0.15) is 97.4 Å². The van der Waals surface area contributed by atoms with Crippen molar-refractivity contribution in [2.75, 3.05) is 27.3 Å². The third kappa shape index (κ3) is 9.23. The van der Waals surface area contributed by atoms with Crippen LogP contribution in [-0.4, -0.2) is 104 Å². The number of ether oxygens (including phenoxy) is 4. The summed E-state index contributed by atoms with van der Waals surface area (Å²) in [5.74, 6) is 7.46. The number of likely N-dealkylation sites (tertiary alicyclic amines) is 2. The van der Waals surface area contributed by atoms with Crippen LogP contribution in [0, 0.1) is 11.8 Å². The maximum absolute atomic E-state index is 14.3. The normalized spacial score (nSPS) is 19.7. The average molecular weight is 919 g/mol. The first-order valence-electron chi connectivity index (χ1n) is 23.3. The minimum atomic E-state index is -0.905. The SMILES string of the molecule is COC1([C@H](NC(=O)OCc2ccccc2)C(=O)N2CCCC2c2nc3cc(C#Cc4ccc5[nH]c([C@@H]6CCCN6C(=O)[C@@H](NC(=O)OCc6ccccc6)C6(OC)CC6)nc5c4)ccc3[nH]2)CC1. The van der Waals surface area contributed by atoms with Crippen molar-refractivity contribution in [1.82, 2.24) is 40.4 Å². The van der Waals surface area contributed by atoms with E-state index in [4.69, 9.17) is 28.9 Å². The molecule has 350 valence electrons. The number of aromatic amines is 2. The first-order valence-corrected chi connectivity index (χ1v) is 23.3. The second kappa shape index (κ2) is 18.8. The topological polar surface area (TPSA) is 193 Å². The number of rotatable bonds is 14. The number of aromatic nitrogens is 4. The molecule has 4 fully saturated rings. The van der Waals surface area contributed by atoms with Crippen molar-refractivity contribution in [2.24, 2.45) is 0 Å². The first-order chi connectivity index (χ1) is 33.1. The summed E-state index contributed by atoms with van der Waals surface area (Å²) < 4.78 is 22.7. The highest BCUT2D eigenvalue weighted by Gasteiger charge is 2.57. The van der Waals surface area contributed by atoms with Crippen molar-refractivity contribution in [2.45, 2.75) is 99.9 Å². The number of hydrogen-bond acceptors (Lipinski definition) is 10. The summed E-state index contributed by atoms with van der Waals surface area (Å²) >= 11 is 0. The Kier molecular flexibility index (Phi) is 12.3. The lowest BCUT2D eigenvalue weighted by atomic mass is 10.1. The van der Waals surface area contributed by atoms with Crippen molar-refractivity contribution in [3.63, 3.8) is 0 Å². The van der Waals surface area contributed by atoms with Crippen LogP contribution in [0.4, 0.5) is 9.59 Å². The highest BCUT2D eigenvalue weighted by molar-refractivity contribution is 5.89. The fourth-order valence-electron chi connectivity index (χ4n) is 9.70. The zero-order valence-electron chi connectivity index (χ0n) is 38.1. The van der Waals surface area contributed by atoms with E-state index in [-0.39, 0.29) is 37.1 Å². The molecule has 2 aliphatic carbocycles. The Labute approximate surface area is 393 Å². The standard InChI is InChI=1S/C52H54N8O8/c1-65-51(23-24-51)43(57-49(63)67-31-35-11-5-3-6-12-35)47(61)59-27-9-15-41(59)45-53-37-21-19-33(29-39(37)55-45)17-18-34-20-22-38-40(30-34)56-46(54-38)42-16-10-28-60(42)48(62)44(52(66-2)25-26-52)58-50(64)68-32-36-13-7-4-8-14-36/h3-8,11-14,19-22,29-30,41-44H,9-10,15-16,23-28,31-32H2,1-2H3,(H,53,55)(H,54,56)(H,57,63)(H,58,64)/t41-,42?,43+,44+/m0/s1. The molecule has 68 heavy (non-hydrogen) atoms. The summed E-state index contributed by atoms with van der Waals surface area (Å²) in [4.78, 5) is 75.0. The lowest BCUT2D eigenvalue weighted by Crippen LogP contribution is -2.56. The van der Waals surface area contributed by atoms with Gasteiger partial charge in [0.15, 0.2) is 0 Å². The number of carbonyl (C=O) groups excluding carboxylic acids is 4. The van der Waals surface area contributed by atoms with Gasteiger partial charge in [0.05, 0.1) is 45.4 Å². The number of carbonyl (C=O) groups is 4. The molecule has 2 saturated heterocycles. The number of nitrogens with zero attached hydrogens (tertiary/aromatic N) is 4. The molecule has 16 nitrogen and oxygen atoms in total. The van der Waals surface area contributed by atoms with Crippen LogP contribution in [0.15, 0.2) is 97.1 Å². The Hall–Kier alpha value is -7.22. The summed E-state index contributed by atoms with van der Waals surface area (Å²) in [5, 5.41) is 5.68. The van der Waals surface area contributed by atoms with Gasteiger partial charge in [-0.05, 0) is 98.9 Å². The van der Waals surface area contributed by atoms with E-state index in [1.165, 1.54) is 0 Å². The zero-order chi connectivity index (χ0) is 46.8. The van der Waals surface area contributed by atoms with Gasteiger partial charge in [-0.2, -0.15) is 0 Å². The van der Waals surface area contributed by atoms with Gasteiger partial charge in [-0.1, -0.05) is 72.5 Å². The molecule has 0 bridgehead atoms. The molecular weight excluding hydrogens is 865 g/mol. The van der Waals surface area contributed by atoms with Crippen LogP contribution in [0.3, 0.4) is 0 Å². The summed E-state index contributed by atoms with van der Waals surface area (Å²) in [6, 6.07) is 28.0. The third-order valence-electron chi connectivity index (χ3n) is 13.9. The molecule has 4 N–H and O–H groups in total. The molecule has 4 amide bonds. The molecule has 4 heterocycles. The van der Waals surface area contributed by atoms with Gasteiger partial charge in [-0.3, -0.25) is 9.59 Å². The van der Waals surface area contributed by atoms with Gasteiger partial charge in [-0.15, -0.1) is 0 Å². The molecule has 0 radical (unpaired) electrons. The maximum atomic E-state index is 14.3. The fraction of sp³-hybridized carbons (Fsp3) is 0.385. The molecular formula is C52H54N8O8. The van der Waals surface area contributed by atoms with E-state index in [2.05, 4.69) is 32.4 Å². The molecule has 4 atom stereocenters. The van der Waals surface area contributed by atoms with E-state index in [0.29, 0.717) is 63.3 Å². The Morgan fingerprint density at radius 1 is 0.632 bits per heavy atom. The van der Waals surface area contributed by atoms with Crippen molar-refractivity contribution in [3.8, 4) is 11.8 Å². The number of fused-ring (bicyclic) bond motifs is 2. The molecule has 4 aromatic carbocycles. The summed E-state index contributed by atoms with van der Waals surface area (Å²) in [6.07, 6.45) is 4.26. The van der Waals surface area contributed by atoms with Crippen molar-refractivity contribution < 1.29 is 38.1 Å². The number of imidazole rings is 2. The van der Waals surface area contributed by atoms with Gasteiger partial charge >= 0.3 is 12.2 Å². The van der Waals surface area contributed by atoms with E-state index in [1.54, 1.807) is 24.0 Å². The lowest BCUT2D eigenvalue weighted by molar-refractivity contribution is -0.139. The van der Waals surface area contributed by atoms with E-state index in [0.717, 1.165) is 57.2 Å². The van der Waals surface area contributed by atoms with Gasteiger partial charge in [0.2, 0.25) is 11.8 Å². The largest absolute Gasteiger partial charge is 0.445 e. The lowest BCUT2D eigenvalue weighted by Gasteiger charge is -2.32. The van der Waals surface area contributed by atoms with Gasteiger partial charge in [0, 0.05) is 38.4 Å². The second-order valence-corrected chi connectivity index (χ2v) is 18.2. The Balaban J connectivity index is 0.807. The number of nitrogens with one attached hydrogen (secondary N) is 4. The molecule has 6 aromatic rings. The Bertz CT molecular complexity index is 2710. The Morgan fingerprint density at radius 2 is 1.04 bits per heavy atom. The number of benzene rings is 4. The minimum Gasteiger partial charge on any atom is -0.445 e. The van der Waals surface area contributed by atoms with E-state index in [9.17, 15) is 19.2 Å². The van der Waals surface area contributed by atoms with Gasteiger partial charge in [0.25, 0.3) is 0 Å². The van der Waals surface area contributed by atoms with Gasteiger partial charge in [-0.25, -0.2) is 19.6 Å².